The minimum absolute atomic E-state index is 0.101. The van der Waals surface area contributed by atoms with E-state index in [0.717, 1.165) is 18.7 Å². The van der Waals surface area contributed by atoms with Crippen LogP contribution in [0.15, 0.2) is 12.1 Å². The summed E-state index contributed by atoms with van der Waals surface area (Å²) >= 11 is 0. The van der Waals surface area contributed by atoms with E-state index >= 15 is 0 Å². The minimum Gasteiger partial charge on any atom is -0.384 e. The van der Waals surface area contributed by atoms with E-state index in [-0.39, 0.29) is 5.91 Å². The van der Waals surface area contributed by atoms with Crippen molar-refractivity contribution in [3.63, 3.8) is 0 Å². The molecule has 1 aromatic heterocycles. The van der Waals surface area contributed by atoms with E-state index < -0.39 is 0 Å². The summed E-state index contributed by atoms with van der Waals surface area (Å²) in [5.41, 5.74) is 7.06. The first kappa shape index (κ1) is 13.4. The molecule has 0 radical (unpaired) electrons. The van der Waals surface area contributed by atoms with Crippen molar-refractivity contribution < 1.29 is 4.79 Å². The molecule has 3 N–H and O–H groups in total. The van der Waals surface area contributed by atoms with E-state index in [1.165, 1.54) is 0 Å². The summed E-state index contributed by atoms with van der Waals surface area (Å²) in [6, 6.07) is 3.38. The zero-order chi connectivity index (χ0) is 12.8. The highest BCUT2D eigenvalue weighted by Crippen LogP contribution is 2.08. The lowest BCUT2D eigenvalue weighted by molar-refractivity contribution is 0.0951. The molecule has 0 aliphatic heterocycles. The lowest BCUT2D eigenvalue weighted by atomic mass is 10.2. The second-order valence-corrected chi connectivity index (χ2v) is 4.18. The van der Waals surface area contributed by atoms with Crippen LogP contribution in [0.25, 0.3) is 0 Å². The molecule has 0 aliphatic rings. The number of aryl methyl sites for hydroxylation is 1. The fourth-order valence-corrected chi connectivity index (χ4v) is 1.42. The van der Waals surface area contributed by atoms with Crippen LogP contribution < -0.4 is 11.1 Å². The van der Waals surface area contributed by atoms with Crippen LogP contribution in [0.1, 0.15) is 23.0 Å². The van der Waals surface area contributed by atoms with Gasteiger partial charge in [-0.3, -0.25) is 4.79 Å². The Morgan fingerprint density at radius 2 is 2.18 bits per heavy atom. The van der Waals surface area contributed by atoms with Crippen LogP contribution in [-0.2, 0) is 6.42 Å². The van der Waals surface area contributed by atoms with E-state index in [9.17, 15) is 4.79 Å². The number of carbonyl (C=O) groups is 1. The Hall–Kier alpha value is -1.62. The number of anilines is 1. The minimum atomic E-state index is -0.101. The van der Waals surface area contributed by atoms with E-state index in [0.29, 0.717) is 17.9 Å². The number of nitrogens with zero attached hydrogens (tertiary/aromatic N) is 2. The summed E-state index contributed by atoms with van der Waals surface area (Å²) in [4.78, 5) is 18.0. The van der Waals surface area contributed by atoms with E-state index in [1.807, 2.05) is 25.9 Å². The fourth-order valence-electron chi connectivity index (χ4n) is 1.42. The Labute approximate surface area is 102 Å². The Bertz CT molecular complexity index is 390. The number of hydrogen-bond donors (Lipinski definition) is 2. The first-order valence-corrected chi connectivity index (χ1v) is 5.72. The molecule has 0 spiro atoms. The van der Waals surface area contributed by atoms with Crippen LogP contribution in [0.3, 0.4) is 0 Å². The molecule has 1 aromatic rings. The predicted octanol–water partition coefficient (Wildman–Crippen LogP) is 0.518. The van der Waals surface area contributed by atoms with Crippen molar-refractivity contribution in [3.05, 3.63) is 23.4 Å². The summed E-state index contributed by atoms with van der Waals surface area (Å²) < 4.78 is 0. The second kappa shape index (κ2) is 6.20. The highest BCUT2D eigenvalue weighted by Gasteiger charge is 2.07. The first-order valence-electron chi connectivity index (χ1n) is 5.72. The summed E-state index contributed by atoms with van der Waals surface area (Å²) in [7, 11) is 3.93. The molecular formula is C12H20N4O. The van der Waals surface area contributed by atoms with Crippen molar-refractivity contribution in [2.24, 2.45) is 0 Å². The molecule has 0 aromatic carbocycles. The van der Waals surface area contributed by atoms with Gasteiger partial charge in [0.05, 0.1) is 0 Å². The lowest BCUT2D eigenvalue weighted by Gasteiger charge is -2.11. The SMILES string of the molecule is CCc1cc(C(=O)NCCN(C)C)cc(N)n1. The number of pyridine rings is 1. The van der Waals surface area contributed by atoms with E-state index in [1.54, 1.807) is 12.1 Å². The molecule has 0 saturated carbocycles. The zero-order valence-electron chi connectivity index (χ0n) is 10.7. The Morgan fingerprint density at radius 1 is 1.47 bits per heavy atom. The maximum absolute atomic E-state index is 11.8. The van der Waals surface area contributed by atoms with E-state index in [2.05, 4.69) is 10.3 Å². The van der Waals surface area contributed by atoms with Crippen molar-refractivity contribution in [2.75, 3.05) is 32.9 Å². The largest absolute Gasteiger partial charge is 0.384 e. The number of carbonyl (C=O) groups excluding carboxylic acids is 1. The normalized spacial score (nSPS) is 10.6. The second-order valence-electron chi connectivity index (χ2n) is 4.18. The van der Waals surface area contributed by atoms with Gasteiger partial charge in [-0.05, 0) is 32.6 Å². The molecule has 0 unspecified atom stereocenters. The molecule has 1 heterocycles. The van der Waals surface area contributed by atoms with Crippen LogP contribution in [0.2, 0.25) is 0 Å². The molecule has 5 nitrogen and oxygen atoms in total. The van der Waals surface area contributed by atoms with Crippen molar-refractivity contribution in [3.8, 4) is 0 Å². The van der Waals surface area contributed by atoms with Crippen molar-refractivity contribution in [2.45, 2.75) is 13.3 Å². The van der Waals surface area contributed by atoms with Gasteiger partial charge in [0.25, 0.3) is 5.91 Å². The summed E-state index contributed by atoms with van der Waals surface area (Å²) in [5, 5.41) is 2.84. The number of nitrogens with two attached hydrogens (primary N) is 1. The molecule has 94 valence electrons. The van der Waals surface area contributed by atoms with Crippen LogP contribution in [-0.4, -0.2) is 43.0 Å². The summed E-state index contributed by atoms with van der Waals surface area (Å²) in [6.45, 7) is 3.41. The smallest absolute Gasteiger partial charge is 0.251 e. The third-order valence-electron chi connectivity index (χ3n) is 2.37. The molecule has 0 atom stereocenters. The number of amides is 1. The molecule has 17 heavy (non-hydrogen) atoms. The van der Waals surface area contributed by atoms with Gasteiger partial charge in [-0.1, -0.05) is 6.92 Å². The van der Waals surface area contributed by atoms with Gasteiger partial charge < -0.3 is 16.0 Å². The van der Waals surface area contributed by atoms with Gasteiger partial charge in [0.15, 0.2) is 0 Å². The third-order valence-corrected chi connectivity index (χ3v) is 2.37. The maximum Gasteiger partial charge on any atom is 0.251 e. The van der Waals surface area contributed by atoms with Gasteiger partial charge in [0.2, 0.25) is 0 Å². The molecule has 1 amide bonds. The zero-order valence-corrected chi connectivity index (χ0v) is 10.7. The summed E-state index contributed by atoms with van der Waals surface area (Å²) in [6.07, 6.45) is 0.767. The van der Waals surface area contributed by atoms with Gasteiger partial charge in [-0.15, -0.1) is 0 Å². The highest BCUT2D eigenvalue weighted by molar-refractivity contribution is 5.94. The molecule has 0 fully saturated rings. The number of hydrogen-bond acceptors (Lipinski definition) is 4. The Morgan fingerprint density at radius 3 is 2.76 bits per heavy atom. The number of likely N-dealkylation sites (N-methyl/N-ethyl adjacent to an activating group) is 1. The average molecular weight is 236 g/mol. The van der Waals surface area contributed by atoms with E-state index in [4.69, 9.17) is 5.73 Å². The number of aromatic nitrogens is 1. The van der Waals surface area contributed by atoms with Crippen molar-refractivity contribution in [1.82, 2.24) is 15.2 Å². The Kier molecular flexibility index (Phi) is 4.90. The molecule has 5 heteroatoms. The number of nitrogen functional groups attached to an aromatic ring is 1. The van der Waals surface area contributed by atoms with Gasteiger partial charge in [-0.25, -0.2) is 4.98 Å². The average Bonchev–Trinajstić information content (AvgIpc) is 2.27. The quantitative estimate of drug-likeness (QED) is 0.781. The molecule has 1 rings (SSSR count). The highest BCUT2D eigenvalue weighted by atomic mass is 16.1. The predicted molar refractivity (Wildman–Crippen MR) is 68.9 cm³/mol. The molecular weight excluding hydrogens is 216 g/mol. The van der Waals surface area contributed by atoms with Crippen LogP contribution in [0.4, 0.5) is 5.82 Å². The first-order chi connectivity index (χ1) is 8.02. The molecule has 0 bridgehead atoms. The topological polar surface area (TPSA) is 71.2 Å². The fraction of sp³-hybridized carbons (Fsp3) is 0.500. The van der Waals surface area contributed by atoms with Gasteiger partial charge in [0.1, 0.15) is 5.82 Å². The monoisotopic (exact) mass is 236 g/mol. The van der Waals surface area contributed by atoms with Crippen molar-refractivity contribution in [1.29, 1.82) is 0 Å². The number of nitrogens with one attached hydrogen (secondary N) is 1. The van der Waals surface area contributed by atoms with Gasteiger partial charge in [0, 0.05) is 24.3 Å². The molecule has 0 saturated heterocycles. The van der Waals surface area contributed by atoms with Gasteiger partial charge in [-0.2, -0.15) is 0 Å². The van der Waals surface area contributed by atoms with Crippen LogP contribution >= 0.6 is 0 Å². The third kappa shape index (κ3) is 4.40. The lowest BCUT2D eigenvalue weighted by Crippen LogP contribution is -2.31. The summed E-state index contributed by atoms with van der Waals surface area (Å²) in [5.74, 6) is 0.290. The number of rotatable bonds is 5. The standard InChI is InChI=1S/C12H20N4O/c1-4-10-7-9(8-11(13)15-10)12(17)14-5-6-16(2)3/h7-8H,4-6H2,1-3H3,(H2,13,15)(H,14,17). The molecule has 0 aliphatic carbocycles. The van der Waals surface area contributed by atoms with Gasteiger partial charge >= 0.3 is 0 Å². The van der Waals surface area contributed by atoms with Crippen LogP contribution in [0.5, 0.6) is 0 Å². The Balaban J connectivity index is 2.65. The van der Waals surface area contributed by atoms with Crippen molar-refractivity contribution >= 4 is 11.7 Å². The van der Waals surface area contributed by atoms with Crippen LogP contribution in [0, 0.1) is 0 Å². The maximum atomic E-state index is 11.8.